The summed E-state index contributed by atoms with van der Waals surface area (Å²) in [6, 6.07) is 6.02. The molecule has 1 unspecified atom stereocenters. The van der Waals surface area contributed by atoms with Crippen LogP contribution in [0.4, 0.5) is 5.69 Å². The third-order valence-corrected chi connectivity index (χ3v) is 2.24. The van der Waals surface area contributed by atoms with Crippen LogP contribution in [0.25, 0.3) is 0 Å². The van der Waals surface area contributed by atoms with Crippen molar-refractivity contribution in [1.82, 2.24) is 0 Å². The summed E-state index contributed by atoms with van der Waals surface area (Å²) in [5.74, 6) is 0.436. The van der Waals surface area contributed by atoms with E-state index in [9.17, 15) is 0 Å². The molecule has 1 aromatic rings. The van der Waals surface area contributed by atoms with Gasteiger partial charge in [-0.2, -0.15) is 0 Å². The Hall–Kier alpha value is -1.02. The molecule has 0 aromatic heterocycles. The molecular weight excluding hydrogens is 162 g/mol. The van der Waals surface area contributed by atoms with Crippen molar-refractivity contribution >= 4 is 5.69 Å². The second-order valence-corrected chi connectivity index (χ2v) is 3.47. The average molecular weight is 179 g/mol. The maximum absolute atomic E-state index is 5.67. The molecule has 1 aromatic carbocycles. The van der Waals surface area contributed by atoms with Crippen LogP contribution < -0.4 is 5.73 Å². The van der Waals surface area contributed by atoms with Crippen LogP contribution in [0.3, 0.4) is 0 Å². The van der Waals surface area contributed by atoms with Crippen LogP contribution in [0.15, 0.2) is 18.2 Å². The van der Waals surface area contributed by atoms with Gasteiger partial charge in [-0.25, -0.2) is 0 Å². The van der Waals surface area contributed by atoms with Crippen molar-refractivity contribution < 1.29 is 4.74 Å². The zero-order valence-corrected chi connectivity index (χ0v) is 8.50. The first kappa shape index (κ1) is 10.1. The Morgan fingerprint density at radius 2 is 2.15 bits per heavy atom. The molecule has 0 amide bonds. The molecule has 1 atom stereocenters. The molecule has 0 saturated carbocycles. The lowest BCUT2D eigenvalue weighted by atomic mass is 9.97. The molecule has 1 rings (SSSR count). The molecule has 0 aliphatic rings. The van der Waals surface area contributed by atoms with Crippen LogP contribution in [0.2, 0.25) is 0 Å². The van der Waals surface area contributed by atoms with Crippen molar-refractivity contribution in [3.05, 3.63) is 29.3 Å². The summed E-state index contributed by atoms with van der Waals surface area (Å²) >= 11 is 0. The summed E-state index contributed by atoms with van der Waals surface area (Å²) in [6.07, 6.45) is 0. The molecule has 0 spiro atoms. The molecule has 2 heteroatoms. The summed E-state index contributed by atoms with van der Waals surface area (Å²) in [6.45, 7) is 4.99. The standard InChI is InChI=1S/C11H17NO/c1-8-6-10(12)4-5-11(8)9(2)7-13-3/h4-6,9H,7,12H2,1-3H3. The number of anilines is 1. The Balaban J connectivity index is 2.88. The normalized spacial score (nSPS) is 12.8. The van der Waals surface area contributed by atoms with Gasteiger partial charge in [0.1, 0.15) is 0 Å². The molecular formula is C11H17NO. The second-order valence-electron chi connectivity index (χ2n) is 3.47. The summed E-state index contributed by atoms with van der Waals surface area (Å²) in [5, 5.41) is 0. The SMILES string of the molecule is COCC(C)c1ccc(N)cc1C. The number of nitrogen functional groups attached to an aromatic ring is 1. The smallest absolute Gasteiger partial charge is 0.0528 e. The monoisotopic (exact) mass is 179 g/mol. The Labute approximate surface area is 79.7 Å². The van der Waals surface area contributed by atoms with E-state index in [4.69, 9.17) is 10.5 Å². The van der Waals surface area contributed by atoms with E-state index in [-0.39, 0.29) is 0 Å². The minimum Gasteiger partial charge on any atom is -0.399 e. The van der Waals surface area contributed by atoms with E-state index in [1.807, 2.05) is 12.1 Å². The third-order valence-electron chi connectivity index (χ3n) is 2.24. The number of rotatable bonds is 3. The molecule has 2 nitrogen and oxygen atoms in total. The van der Waals surface area contributed by atoms with E-state index in [1.54, 1.807) is 7.11 Å². The molecule has 72 valence electrons. The lowest BCUT2D eigenvalue weighted by Gasteiger charge is -2.13. The number of hydrogen-bond donors (Lipinski definition) is 1. The Bertz CT molecular complexity index is 283. The van der Waals surface area contributed by atoms with Crippen molar-refractivity contribution in [3.63, 3.8) is 0 Å². The van der Waals surface area contributed by atoms with Crippen LogP contribution in [-0.4, -0.2) is 13.7 Å². The highest BCUT2D eigenvalue weighted by molar-refractivity contribution is 5.45. The van der Waals surface area contributed by atoms with Crippen molar-refractivity contribution in [3.8, 4) is 0 Å². The van der Waals surface area contributed by atoms with Crippen molar-refractivity contribution in [1.29, 1.82) is 0 Å². The minimum absolute atomic E-state index is 0.436. The Morgan fingerprint density at radius 3 is 2.69 bits per heavy atom. The lowest BCUT2D eigenvalue weighted by molar-refractivity contribution is 0.184. The molecule has 2 N–H and O–H groups in total. The molecule has 13 heavy (non-hydrogen) atoms. The van der Waals surface area contributed by atoms with Gasteiger partial charge < -0.3 is 10.5 Å². The van der Waals surface area contributed by atoms with Crippen LogP contribution >= 0.6 is 0 Å². The van der Waals surface area contributed by atoms with Crippen LogP contribution in [0.5, 0.6) is 0 Å². The number of hydrogen-bond acceptors (Lipinski definition) is 2. The molecule has 0 aliphatic heterocycles. The van der Waals surface area contributed by atoms with Gasteiger partial charge in [0.05, 0.1) is 6.61 Å². The Kier molecular flexibility index (Phi) is 3.32. The van der Waals surface area contributed by atoms with Crippen LogP contribution in [0.1, 0.15) is 24.0 Å². The highest BCUT2D eigenvalue weighted by Gasteiger charge is 2.07. The molecule has 0 heterocycles. The van der Waals surface area contributed by atoms with Gasteiger partial charge in [-0.3, -0.25) is 0 Å². The number of benzene rings is 1. The van der Waals surface area contributed by atoms with Crippen LogP contribution in [-0.2, 0) is 4.74 Å². The summed E-state index contributed by atoms with van der Waals surface area (Å²) in [5.41, 5.74) is 9.05. The quantitative estimate of drug-likeness (QED) is 0.723. The predicted molar refractivity (Wildman–Crippen MR) is 55.9 cm³/mol. The first-order valence-electron chi connectivity index (χ1n) is 4.50. The van der Waals surface area contributed by atoms with E-state index >= 15 is 0 Å². The molecule has 0 fully saturated rings. The van der Waals surface area contributed by atoms with Gasteiger partial charge >= 0.3 is 0 Å². The predicted octanol–water partition coefficient (Wildman–Crippen LogP) is 2.33. The van der Waals surface area contributed by atoms with E-state index in [0.717, 1.165) is 12.3 Å². The van der Waals surface area contributed by atoms with Gasteiger partial charge in [-0.1, -0.05) is 13.0 Å². The fraction of sp³-hybridized carbons (Fsp3) is 0.455. The first-order valence-corrected chi connectivity index (χ1v) is 4.50. The lowest BCUT2D eigenvalue weighted by Crippen LogP contribution is -2.04. The molecule has 0 radical (unpaired) electrons. The number of nitrogens with two attached hydrogens (primary N) is 1. The van der Waals surface area contributed by atoms with Crippen molar-refractivity contribution in [2.45, 2.75) is 19.8 Å². The highest BCUT2D eigenvalue weighted by Crippen LogP contribution is 2.21. The van der Waals surface area contributed by atoms with Gasteiger partial charge in [0, 0.05) is 18.7 Å². The van der Waals surface area contributed by atoms with E-state index in [0.29, 0.717) is 5.92 Å². The number of ether oxygens (including phenoxy) is 1. The average Bonchev–Trinajstić information content (AvgIpc) is 2.04. The van der Waals surface area contributed by atoms with Gasteiger partial charge in [-0.15, -0.1) is 0 Å². The summed E-state index contributed by atoms with van der Waals surface area (Å²) in [4.78, 5) is 0. The maximum Gasteiger partial charge on any atom is 0.0528 e. The zero-order chi connectivity index (χ0) is 9.84. The second kappa shape index (κ2) is 4.28. The molecule has 0 aliphatic carbocycles. The fourth-order valence-electron chi connectivity index (χ4n) is 1.59. The Morgan fingerprint density at radius 1 is 1.46 bits per heavy atom. The third kappa shape index (κ3) is 2.46. The van der Waals surface area contributed by atoms with E-state index in [1.165, 1.54) is 11.1 Å². The minimum atomic E-state index is 0.436. The summed E-state index contributed by atoms with van der Waals surface area (Å²) < 4.78 is 5.11. The van der Waals surface area contributed by atoms with Gasteiger partial charge in [0.2, 0.25) is 0 Å². The van der Waals surface area contributed by atoms with Gasteiger partial charge in [0.15, 0.2) is 0 Å². The number of methoxy groups -OCH3 is 1. The largest absolute Gasteiger partial charge is 0.399 e. The van der Waals surface area contributed by atoms with E-state index in [2.05, 4.69) is 19.9 Å². The van der Waals surface area contributed by atoms with Gasteiger partial charge in [0.25, 0.3) is 0 Å². The first-order chi connectivity index (χ1) is 6.15. The fourth-order valence-corrected chi connectivity index (χ4v) is 1.59. The van der Waals surface area contributed by atoms with Crippen molar-refractivity contribution in [2.75, 3.05) is 19.5 Å². The van der Waals surface area contributed by atoms with Crippen molar-refractivity contribution in [2.24, 2.45) is 0 Å². The topological polar surface area (TPSA) is 35.2 Å². The molecule has 0 saturated heterocycles. The zero-order valence-electron chi connectivity index (χ0n) is 8.50. The maximum atomic E-state index is 5.67. The van der Waals surface area contributed by atoms with Gasteiger partial charge in [-0.05, 0) is 30.2 Å². The number of aryl methyl sites for hydroxylation is 1. The van der Waals surface area contributed by atoms with Crippen LogP contribution in [0, 0.1) is 6.92 Å². The molecule has 0 bridgehead atoms. The highest BCUT2D eigenvalue weighted by atomic mass is 16.5. The van der Waals surface area contributed by atoms with E-state index < -0.39 is 0 Å². The summed E-state index contributed by atoms with van der Waals surface area (Å²) in [7, 11) is 1.73.